The molecular weight excluding hydrogens is 390 g/mol. The lowest BCUT2D eigenvalue weighted by Crippen LogP contribution is -2.51. The number of rotatable bonds is 6. The number of hydrogen-bond donors (Lipinski definition) is 1. The Kier molecular flexibility index (Phi) is 7.14. The van der Waals surface area contributed by atoms with Crippen LogP contribution in [0.4, 0.5) is 5.69 Å². The van der Waals surface area contributed by atoms with Gasteiger partial charge in [0.2, 0.25) is 11.8 Å². The Morgan fingerprint density at radius 2 is 1.86 bits per heavy atom. The van der Waals surface area contributed by atoms with Gasteiger partial charge in [0.15, 0.2) is 0 Å². The Bertz CT molecular complexity index is 892. The minimum Gasteiger partial charge on any atom is -0.497 e. The van der Waals surface area contributed by atoms with E-state index in [1.807, 2.05) is 48.5 Å². The van der Waals surface area contributed by atoms with Gasteiger partial charge in [-0.05, 0) is 42.0 Å². The second kappa shape index (κ2) is 9.98. The molecule has 0 aromatic heterocycles. The molecule has 0 spiro atoms. The predicted molar refractivity (Wildman–Crippen MR) is 115 cm³/mol. The summed E-state index contributed by atoms with van der Waals surface area (Å²) in [6, 6.07) is 15.1. The largest absolute Gasteiger partial charge is 0.497 e. The lowest BCUT2D eigenvalue weighted by atomic mass is 10.2. The number of hydrogen-bond acceptors (Lipinski definition) is 4. The molecule has 0 saturated carbocycles. The third-order valence-corrected chi connectivity index (χ3v) is 4.98. The van der Waals surface area contributed by atoms with Crippen LogP contribution >= 0.6 is 11.6 Å². The van der Waals surface area contributed by atoms with E-state index in [0.29, 0.717) is 18.1 Å². The van der Waals surface area contributed by atoms with E-state index < -0.39 is 0 Å². The van der Waals surface area contributed by atoms with E-state index in [2.05, 4.69) is 10.2 Å². The predicted octanol–water partition coefficient (Wildman–Crippen LogP) is 2.83. The summed E-state index contributed by atoms with van der Waals surface area (Å²) in [7, 11) is 1.59. The van der Waals surface area contributed by atoms with E-state index in [4.69, 9.17) is 16.3 Å². The normalized spacial score (nSPS) is 14.1. The third-order valence-electron chi connectivity index (χ3n) is 4.74. The molecule has 2 aromatic carbocycles. The summed E-state index contributed by atoms with van der Waals surface area (Å²) in [5.74, 6) is 0.331. The fourth-order valence-corrected chi connectivity index (χ4v) is 3.32. The SMILES string of the molecule is COc1cccc(/C=C/C(=O)NCC(=O)N2CCN(c3cccc(Cl)c3)CC2)c1. The Labute approximate surface area is 175 Å². The lowest BCUT2D eigenvalue weighted by Gasteiger charge is -2.36. The van der Waals surface area contributed by atoms with Crippen LogP contribution in [0.15, 0.2) is 54.6 Å². The van der Waals surface area contributed by atoms with Crippen LogP contribution in [-0.4, -0.2) is 56.5 Å². The second-order valence-corrected chi connectivity index (χ2v) is 7.11. The smallest absolute Gasteiger partial charge is 0.244 e. The van der Waals surface area contributed by atoms with Crippen molar-refractivity contribution in [2.24, 2.45) is 0 Å². The Balaban J connectivity index is 1.43. The molecule has 152 valence electrons. The fourth-order valence-electron chi connectivity index (χ4n) is 3.14. The molecule has 0 atom stereocenters. The molecule has 0 radical (unpaired) electrons. The minimum atomic E-state index is -0.307. The molecule has 1 saturated heterocycles. The van der Waals surface area contributed by atoms with Crippen molar-refractivity contribution in [3.63, 3.8) is 0 Å². The summed E-state index contributed by atoms with van der Waals surface area (Å²) in [5, 5.41) is 3.35. The zero-order valence-electron chi connectivity index (χ0n) is 16.3. The molecule has 0 aliphatic carbocycles. The standard InChI is InChI=1S/C22H24ClN3O3/c1-29-20-7-2-4-17(14-20)8-9-21(27)24-16-22(28)26-12-10-25(11-13-26)19-6-3-5-18(23)15-19/h2-9,14-15H,10-13,16H2,1H3,(H,24,27)/b9-8+. The van der Waals surface area contributed by atoms with Gasteiger partial charge in [-0.1, -0.05) is 29.8 Å². The highest BCUT2D eigenvalue weighted by Crippen LogP contribution is 2.20. The van der Waals surface area contributed by atoms with Crippen molar-refractivity contribution >= 4 is 35.2 Å². The van der Waals surface area contributed by atoms with Gasteiger partial charge >= 0.3 is 0 Å². The summed E-state index contributed by atoms with van der Waals surface area (Å²) < 4.78 is 5.15. The highest BCUT2D eigenvalue weighted by atomic mass is 35.5. The topological polar surface area (TPSA) is 61.9 Å². The van der Waals surface area contributed by atoms with Crippen LogP contribution in [0.3, 0.4) is 0 Å². The summed E-state index contributed by atoms with van der Waals surface area (Å²) in [5.41, 5.74) is 1.91. The molecule has 6 nitrogen and oxygen atoms in total. The summed E-state index contributed by atoms with van der Waals surface area (Å²) >= 11 is 6.05. The molecule has 0 bridgehead atoms. The molecular formula is C22H24ClN3O3. The van der Waals surface area contributed by atoms with E-state index in [1.54, 1.807) is 18.1 Å². The van der Waals surface area contributed by atoms with E-state index in [9.17, 15) is 9.59 Å². The molecule has 1 fully saturated rings. The number of nitrogens with one attached hydrogen (secondary N) is 1. The monoisotopic (exact) mass is 413 g/mol. The van der Waals surface area contributed by atoms with Gasteiger partial charge in [0.05, 0.1) is 13.7 Å². The molecule has 2 aromatic rings. The number of carbonyl (C=O) groups is 2. The molecule has 1 N–H and O–H groups in total. The van der Waals surface area contributed by atoms with Crippen molar-refractivity contribution in [3.8, 4) is 5.75 Å². The maximum atomic E-state index is 12.4. The van der Waals surface area contributed by atoms with Crippen LogP contribution in [0.1, 0.15) is 5.56 Å². The number of piperazine rings is 1. The van der Waals surface area contributed by atoms with Gasteiger partial charge in [-0.2, -0.15) is 0 Å². The van der Waals surface area contributed by atoms with E-state index in [-0.39, 0.29) is 18.4 Å². The number of ether oxygens (including phenoxy) is 1. The highest BCUT2D eigenvalue weighted by Gasteiger charge is 2.21. The summed E-state index contributed by atoms with van der Waals surface area (Å²) in [4.78, 5) is 28.4. The molecule has 2 amide bonds. The summed E-state index contributed by atoms with van der Waals surface area (Å²) in [6.45, 7) is 2.67. The molecule has 7 heteroatoms. The van der Waals surface area contributed by atoms with Crippen LogP contribution in [0.5, 0.6) is 5.75 Å². The number of methoxy groups -OCH3 is 1. The Morgan fingerprint density at radius 1 is 1.10 bits per heavy atom. The molecule has 1 aliphatic rings. The van der Waals surface area contributed by atoms with Crippen molar-refractivity contribution in [2.45, 2.75) is 0 Å². The molecule has 1 aliphatic heterocycles. The van der Waals surface area contributed by atoms with Gasteiger partial charge in [-0.25, -0.2) is 0 Å². The van der Waals surface area contributed by atoms with Gasteiger partial charge in [0.25, 0.3) is 0 Å². The number of nitrogens with zero attached hydrogens (tertiary/aromatic N) is 2. The van der Waals surface area contributed by atoms with Crippen LogP contribution in [-0.2, 0) is 9.59 Å². The van der Waals surface area contributed by atoms with Crippen molar-refractivity contribution in [3.05, 3.63) is 65.2 Å². The number of amides is 2. The average molecular weight is 414 g/mol. The van der Waals surface area contributed by atoms with E-state index >= 15 is 0 Å². The van der Waals surface area contributed by atoms with E-state index in [1.165, 1.54) is 6.08 Å². The molecule has 29 heavy (non-hydrogen) atoms. The Hall–Kier alpha value is -2.99. The lowest BCUT2D eigenvalue weighted by molar-refractivity contribution is -0.132. The maximum absolute atomic E-state index is 12.4. The van der Waals surface area contributed by atoms with Gasteiger partial charge in [0, 0.05) is 43.0 Å². The zero-order valence-corrected chi connectivity index (χ0v) is 17.1. The fraction of sp³-hybridized carbons (Fsp3) is 0.273. The van der Waals surface area contributed by atoms with Crippen LogP contribution < -0.4 is 15.0 Å². The van der Waals surface area contributed by atoms with Crippen molar-refractivity contribution in [1.29, 1.82) is 0 Å². The minimum absolute atomic E-state index is 0.0154. The van der Waals surface area contributed by atoms with Crippen LogP contribution in [0, 0.1) is 0 Å². The van der Waals surface area contributed by atoms with Gasteiger partial charge in [0.1, 0.15) is 5.75 Å². The Morgan fingerprint density at radius 3 is 2.59 bits per heavy atom. The summed E-state index contributed by atoms with van der Waals surface area (Å²) in [6.07, 6.45) is 3.10. The van der Waals surface area contributed by atoms with E-state index in [0.717, 1.165) is 30.1 Å². The molecule has 3 rings (SSSR count). The zero-order chi connectivity index (χ0) is 20.6. The first-order valence-electron chi connectivity index (χ1n) is 9.43. The number of carbonyl (C=O) groups excluding carboxylic acids is 2. The second-order valence-electron chi connectivity index (χ2n) is 6.68. The van der Waals surface area contributed by atoms with Crippen molar-refractivity contribution < 1.29 is 14.3 Å². The highest BCUT2D eigenvalue weighted by molar-refractivity contribution is 6.30. The van der Waals surface area contributed by atoms with Crippen LogP contribution in [0.25, 0.3) is 6.08 Å². The van der Waals surface area contributed by atoms with Gasteiger partial charge in [-0.3, -0.25) is 9.59 Å². The number of halogens is 1. The van der Waals surface area contributed by atoms with Gasteiger partial charge < -0.3 is 19.9 Å². The van der Waals surface area contributed by atoms with Gasteiger partial charge in [-0.15, -0.1) is 0 Å². The number of benzene rings is 2. The number of anilines is 1. The van der Waals surface area contributed by atoms with Crippen molar-refractivity contribution in [2.75, 3.05) is 44.7 Å². The molecule has 1 heterocycles. The molecule has 0 unspecified atom stereocenters. The quantitative estimate of drug-likeness (QED) is 0.740. The first kappa shape index (κ1) is 20.7. The maximum Gasteiger partial charge on any atom is 0.244 e. The third kappa shape index (κ3) is 5.99. The van der Waals surface area contributed by atoms with Crippen LogP contribution in [0.2, 0.25) is 5.02 Å². The average Bonchev–Trinajstić information content (AvgIpc) is 2.76. The first-order valence-corrected chi connectivity index (χ1v) is 9.81. The van der Waals surface area contributed by atoms with Crippen molar-refractivity contribution in [1.82, 2.24) is 10.2 Å². The first-order chi connectivity index (χ1) is 14.0.